The van der Waals surface area contributed by atoms with Crippen molar-refractivity contribution in [2.75, 3.05) is 0 Å². The number of aromatic nitrogens is 6. The molecule has 6 nitrogen and oxygen atoms in total. The van der Waals surface area contributed by atoms with Crippen LogP contribution >= 0.6 is 70.7 Å². The lowest BCUT2D eigenvalue weighted by atomic mass is 9.96. The van der Waals surface area contributed by atoms with Crippen LogP contribution in [0.15, 0.2) is 16.5 Å². The summed E-state index contributed by atoms with van der Waals surface area (Å²) < 4.78 is 6.71. The molecule has 0 bridgehead atoms. The lowest BCUT2D eigenvalue weighted by Gasteiger charge is -2.28. The van der Waals surface area contributed by atoms with Crippen LogP contribution in [0.1, 0.15) is 0 Å². The average Bonchev–Trinajstić information content (AvgIpc) is 3.07. The van der Waals surface area contributed by atoms with Crippen LogP contribution in [0.5, 0.6) is 0 Å². The average molecular weight is 362 g/mol. The molecule has 13 heteroatoms. The van der Waals surface area contributed by atoms with Gasteiger partial charge in [-0.2, -0.15) is 0 Å². The van der Waals surface area contributed by atoms with E-state index in [1.807, 2.05) is 0 Å². The minimum atomic E-state index is -0.490. The standard InChI is InChI=1S/C6H3BN6S6/c14-4-11(8-1-17-4)7(12-5(15)18-2-9-12)13-6(16)19-3-10-13/h1-3H/q-1. The summed E-state index contributed by atoms with van der Waals surface area (Å²) in [6, 6.07) is 0. The van der Waals surface area contributed by atoms with Crippen molar-refractivity contribution in [3.05, 3.63) is 28.4 Å². The zero-order valence-electron chi connectivity index (χ0n) is 8.94. The van der Waals surface area contributed by atoms with E-state index >= 15 is 0 Å². The van der Waals surface area contributed by atoms with Crippen LogP contribution in [0.2, 0.25) is 0 Å². The summed E-state index contributed by atoms with van der Waals surface area (Å²) in [5.74, 6) is 0. The molecule has 0 N–H and O–H groups in total. The molecular weight excluding hydrogens is 359 g/mol. The molecule has 3 aromatic heterocycles. The second kappa shape index (κ2) is 5.42. The summed E-state index contributed by atoms with van der Waals surface area (Å²) in [5, 5.41) is 12.7. The van der Waals surface area contributed by atoms with Crippen molar-refractivity contribution in [3.63, 3.8) is 0 Å². The molecule has 0 saturated heterocycles. The van der Waals surface area contributed by atoms with Crippen molar-refractivity contribution in [1.29, 1.82) is 0 Å². The first-order chi connectivity index (χ1) is 9.18. The molecule has 3 heterocycles. The molecular formula is C6H3BN6S6-. The van der Waals surface area contributed by atoms with Gasteiger partial charge in [0.1, 0.15) is 11.9 Å². The number of nitrogens with zero attached hydrogens (tertiary/aromatic N) is 6. The molecule has 1 radical (unpaired) electrons. The maximum Gasteiger partial charge on any atom is 0.269 e. The van der Waals surface area contributed by atoms with Crippen molar-refractivity contribution < 1.29 is 0 Å². The van der Waals surface area contributed by atoms with Gasteiger partial charge in [-0.25, -0.2) is 15.3 Å². The Bertz CT molecular complexity index is 748. The molecule has 3 aromatic rings. The van der Waals surface area contributed by atoms with E-state index in [1.165, 1.54) is 34.0 Å². The second-order valence-electron chi connectivity index (χ2n) is 3.19. The molecule has 0 aliphatic carbocycles. The van der Waals surface area contributed by atoms with Gasteiger partial charge in [0, 0.05) is 0 Å². The van der Waals surface area contributed by atoms with E-state index in [0.29, 0.717) is 11.9 Å². The van der Waals surface area contributed by atoms with E-state index in [9.17, 15) is 0 Å². The van der Waals surface area contributed by atoms with Crippen molar-refractivity contribution in [2.45, 2.75) is 0 Å². The van der Waals surface area contributed by atoms with Gasteiger partial charge in [0.25, 0.3) is 7.12 Å². The molecule has 0 fully saturated rings. The Balaban J connectivity index is 2.29. The zero-order chi connectivity index (χ0) is 13.4. The number of rotatable bonds is 3. The van der Waals surface area contributed by atoms with Crippen LogP contribution in [-0.4, -0.2) is 36.2 Å². The summed E-state index contributed by atoms with van der Waals surface area (Å²) in [6.45, 7) is 0. The molecule has 0 aliphatic rings. The van der Waals surface area contributed by atoms with Gasteiger partial charge in [-0.1, -0.05) is 70.7 Å². The Labute approximate surface area is 134 Å². The first-order valence-corrected chi connectivity index (χ1v) is 8.62. The zero-order valence-corrected chi connectivity index (χ0v) is 13.8. The molecule has 0 aromatic carbocycles. The van der Waals surface area contributed by atoms with Gasteiger partial charge in [0.05, 0.1) is 16.5 Å². The Morgan fingerprint density at radius 3 is 1.26 bits per heavy atom. The third kappa shape index (κ3) is 2.41. The fraction of sp³-hybridized carbons (Fsp3) is 0. The van der Waals surface area contributed by atoms with Crippen LogP contribution in [0.4, 0.5) is 0 Å². The van der Waals surface area contributed by atoms with Gasteiger partial charge in [-0.3, -0.25) is 0 Å². The van der Waals surface area contributed by atoms with E-state index in [-0.39, 0.29) is 0 Å². The topological polar surface area (TPSA) is 53.5 Å². The lowest BCUT2D eigenvalue weighted by molar-refractivity contribution is 0.761. The third-order valence-electron chi connectivity index (χ3n) is 2.19. The summed E-state index contributed by atoms with van der Waals surface area (Å²) in [7, 11) is -0.490. The van der Waals surface area contributed by atoms with E-state index in [0.717, 1.165) is 0 Å². The van der Waals surface area contributed by atoms with Crippen LogP contribution < -0.4 is 0 Å². The summed E-state index contributed by atoms with van der Waals surface area (Å²) in [5.41, 5.74) is 5.00. The molecule has 0 saturated carbocycles. The van der Waals surface area contributed by atoms with Crippen LogP contribution in [0.25, 0.3) is 0 Å². The highest BCUT2D eigenvalue weighted by molar-refractivity contribution is 7.74. The largest absolute Gasteiger partial charge is 0.401 e. The highest BCUT2D eigenvalue weighted by Crippen LogP contribution is 2.09. The lowest BCUT2D eigenvalue weighted by Crippen LogP contribution is -2.44. The Hall–Kier alpha value is -0.595. The third-order valence-corrected chi connectivity index (χ3v) is 5.38. The normalized spacial score (nSPS) is 11.2. The molecule has 0 spiro atoms. The van der Waals surface area contributed by atoms with Gasteiger partial charge < -0.3 is 13.8 Å². The molecule has 0 atom stereocenters. The highest BCUT2D eigenvalue weighted by atomic mass is 32.2. The van der Waals surface area contributed by atoms with Crippen molar-refractivity contribution in [2.24, 2.45) is 0 Å². The van der Waals surface area contributed by atoms with Crippen molar-refractivity contribution in [3.8, 4) is 0 Å². The fourth-order valence-electron chi connectivity index (χ4n) is 1.43. The highest BCUT2D eigenvalue weighted by Gasteiger charge is 2.13. The SMILES string of the molecule is S=c1scnn1[B-](n1ncsc1=S)n1ncsc1=S. The van der Waals surface area contributed by atoms with Crippen LogP contribution in [0.3, 0.4) is 0 Å². The van der Waals surface area contributed by atoms with Crippen LogP contribution in [-0.2, 0) is 0 Å². The van der Waals surface area contributed by atoms with Gasteiger partial charge >= 0.3 is 0 Å². The molecule has 0 aliphatic heterocycles. The first-order valence-electron chi connectivity index (χ1n) is 4.75. The summed E-state index contributed by atoms with van der Waals surface area (Å²) in [4.78, 5) is 0. The summed E-state index contributed by atoms with van der Waals surface area (Å²) >= 11 is 19.9. The minimum Gasteiger partial charge on any atom is -0.401 e. The Morgan fingerprint density at radius 1 is 0.737 bits per heavy atom. The van der Waals surface area contributed by atoms with Gasteiger partial charge in [0.15, 0.2) is 0 Å². The first kappa shape index (κ1) is 13.4. The number of hydrogen-bond donors (Lipinski definition) is 0. The predicted octanol–water partition coefficient (Wildman–Crippen LogP) is 2.58. The van der Waals surface area contributed by atoms with Crippen molar-refractivity contribution >= 4 is 77.8 Å². The van der Waals surface area contributed by atoms with E-state index in [2.05, 4.69) is 15.3 Å². The smallest absolute Gasteiger partial charge is 0.269 e. The molecule has 19 heavy (non-hydrogen) atoms. The minimum absolute atomic E-state index is 0.490. The molecule has 3 rings (SSSR count). The van der Waals surface area contributed by atoms with Gasteiger partial charge in [0.2, 0.25) is 0 Å². The molecule has 97 valence electrons. The molecule has 0 amide bonds. The van der Waals surface area contributed by atoms with E-state index in [1.54, 1.807) is 30.3 Å². The Morgan fingerprint density at radius 2 is 1.05 bits per heavy atom. The van der Waals surface area contributed by atoms with Crippen molar-refractivity contribution in [1.82, 2.24) is 29.1 Å². The second-order valence-corrected chi connectivity index (χ2v) is 7.63. The van der Waals surface area contributed by atoms with Gasteiger partial charge in [-0.15, -0.1) is 0 Å². The van der Waals surface area contributed by atoms with Crippen LogP contribution in [0, 0.1) is 11.9 Å². The number of hydrogen-bond acceptors (Lipinski definition) is 9. The maximum atomic E-state index is 5.27. The van der Waals surface area contributed by atoms with E-state index in [4.69, 9.17) is 36.7 Å². The molecule has 0 unspecified atom stereocenters. The maximum absolute atomic E-state index is 5.27. The monoisotopic (exact) mass is 362 g/mol. The van der Waals surface area contributed by atoms with E-state index < -0.39 is 7.12 Å². The quantitative estimate of drug-likeness (QED) is 0.527. The Kier molecular flexibility index (Phi) is 3.82. The predicted molar refractivity (Wildman–Crippen MR) is 84.8 cm³/mol. The fourth-order valence-corrected chi connectivity index (χ4v) is 3.71. The summed E-state index contributed by atoms with van der Waals surface area (Å²) in [6.07, 6.45) is 0. The van der Waals surface area contributed by atoms with Gasteiger partial charge in [-0.05, 0) is 0 Å².